The van der Waals surface area contributed by atoms with Crippen molar-refractivity contribution >= 4 is 11.6 Å². The van der Waals surface area contributed by atoms with Crippen LogP contribution in [0.3, 0.4) is 0 Å². The van der Waals surface area contributed by atoms with Crippen molar-refractivity contribution in [2.24, 2.45) is 0 Å². The first-order valence-corrected chi connectivity index (χ1v) is 7.99. The van der Waals surface area contributed by atoms with Crippen molar-refractivity contribution in [1.29, 1.82) is 0 Å². The van der Waals surface area contributed by atoms with E-state index in [2.05, 4.69) is 56.4 Å². The van der Waals surface area contributed by atoms with Crippen molar-refractivity contribution in [3.05, 3.63) is 70.2 Å². The van der Waals surface area contributed by atoms with Crippen LogP contribution in [0, 0.1) is 6.92 Å². The zero-order valence-corrected chi connectivity index (χ0v) is 13.8. The molecule has 0 aromatic heterocycles. The van der Waals surface area contributed by atoms with E-state index in [1.54, 1.807) is 0 Å². The SMILES string of the molecule is Cc1cccc(CCC(C)N[C@H](C)c2cccc(Cl)c2)c1. The molecule has 0 aliphatic carbocycles. The minimum atomic E-state index is 0.316. The fraction of sp³-hybridized carbons (Fsp3) is 0.368. The molecule has 0 spiro atoms. The van der Waals surface area contributed by atoms with Gasteiger partial charge in [0.1, 0.15) is 0 Å². The minimum Gasteiger partial charge on any atom is -0.308 e. The lowest BCUT2D eigenvalue weighted by molar-refractivity contribution is 0.456. The van der Waals surface area contributed by atoms with E-state index in [0.29, 0.717) is 12.1 Å². The lowest BCUT2D eigenvalue weighted by Crippen LogP contribution is -2.29. The Morgan fingerprint density at radius 3 is 2.52 bits per heavy atom. The first-order chi connectivity index (χ1) is 10.0. The maximum absolute atomic E-state index is 6.05. The number of rotatable bonds is 6. The highest BCUT2D eigenvalue weighted by molar-refractivity contribution is 6.30. The highest BCUT2D eigenvalue weighted by atomic mass is 35.5. The van der Waals surface area contributed by atoms with Crippen LogP contribution in [0.2, 0.25) is 5.02 Å². The van der Waals surface area contributed by atoms with E-state index in [0.717, 1.165) is 17.9 Å². The summed E-state index contributed by atoms with van der Waals surface area (Å²) in [4.78, 5) is 0. The third-order valence-electron chi connectivity index (χ3n) is 3.83. The zero-order valence-electron chi connectivity index (χ0n) is 13.1. The summed E-state index contributed by atoms with van der Waals surface area (Å²) in [6, 6.07) is 17.6. The van der Waals surface area contributed by atoms with Crippen molar-refractivity contribution < 1.29 is 0 Å². The van der Waals surface area contributed by atoms with E-state index < -0.39 is 0 Å². The van der Waals surface area contributed by atoms with Gasteiger partial charge < -0.3 is 5.32 Å². The Bertz CT molecular complexity index is 579. The Hall–Kier alpha value is -1.31. The Morgan fingerprint density at radius 1 is 1.05 bits per heavy atom. The van der Waals surface area contributed by atoms with Crippen molar-refractivity contribution in [3.63, 3.8) is 0 Å². The molecule has 1 nitrogen and oxygen atoms in total. The largest absolute Gasteiger partial charge is 0.308 e. The summed E-state index contributed by atoms with van der Waals surface area (Å²) >= 11 is 6.05. The third-order valence-corrected chi connectivity index (χ3v) is 4.07. The molecule has 0 aliphatic rings. The lowest BCUT2D eigenvalue weighted by atomic mass is 10.0. The van der Waals surface area contributed by atoms with Gasteiger partial charge in [-0.1, -0.05) is 53.6 Å². The highest BCUT2D eigenvalue weighted by Gasteiger charge is 2.10. The van der Waals surface area contributed by atoms with Crippen molar-refractivity contribution in [2.45, 2.75) is 45.7 Å². The number of nitrogens with one attached hydrogen (secondary N) is 1. The molecule has 0 saturated carbocycles. The van der Waals surface area contributed by atoms with E-state index >= 15 is 0 Å². The van der Waals surface area contributed by atoms with E-state index in [1.165, 1.54) is 16.7 Å². The van der Waals surface area contributed by atoms with Crippen molar-refractivity contribution in [2.75, 3.05) is 0 Å². The summed E-state index contributed by atoms with van der Waals surface area (Å²) < 4.78 is 0. The van der Waals surface area contributed by atoms with E-state index in [4.69, 9.17) is 11.6 Å². The quantitative estimate of drug-likeness (QED) is 0.761. The summed E-state index contributed by atoms with van der Waals surface area (Å²) in [7, 11) is 0. The van der Waals surface area contributed by atoms with Gasteiger partial charge in [-0.25, -0.2) is 0 Å². The van der Waals surface area contributed by atoms with E-state index in [9.17, 15) is 0 Å². The Morgan fingerprint density at radius 2 is 1.81 bits per heavy atom. The number of halogens is 1. The molecule has 2 heteroatoms. The monoisotopic (exact) mass is 301 g/mol. The van der Waals surface area contributed by atoms with Crippen LogP contribution in [-0.4, -0.2) is 6.04 Å². The standard InChI is InChI=1S/C19H24ClN/c1-14-6-4-7-17(12-14)11-10-15(2)21-16(3)18-8-5-9-19(20)13-18/h4-9,12-13,15-16,21H,10-11H2,1-3H3/t15?,16-/m1/s1. The summed E-state index contributed by atoms with van der Waals surface area (Å²) in [5, 5.41) is 4.45. The van der Waals surface area contributed by atoms with Gasteiger partial charge in [0.15, 0.2) is 0 Å². The Kier molecular flexibility index (Phi) is 5.84. The van der Waals surface area contributed by atoms with Gasteiger partial charge in [-0.15, -0.1) is 0 Å². The lowest BCUT2D eigenvalue weighted by Gasteiger charge is -2.20. The predicted octanol–water partition coefficient (Wildman–Crippen LogP) is 5.32. The van der Waals surface area contributed by atoms with Crippen molar-refractivity contribution in [3.8, 4) is 0 Å². The minimum absolute atomic E-state index is 0.316. The third kappa shape index (κ3) is 5.18. The van der Waals surface area contributed by atoms with Crippen LogP contribution >= 0.6 is 11.6 Å². The molecule has 0 amide bonds. The molecule has 2 atom stereocenters. The predicted molar refractivity (Wildman–Crippen MR) is 92.0 cm³/mol. The summed E-state index contributed by atoms with van der Waals surface area (Å²) in [6.07, 6.45) is 2.24. The van der Waals surface area contributed by atoms with E-state index in [1.807, 2.05) is 18.2 Å². The number of aryl methyl sites for hydroxylation is 2. The molecule has 0 bridgehead atoms. The maximum atomic E-state index is 6.05. The molecule has 2 aromatic carbocycles. The molecular formula is C19H24ClN. The van der Waals surface area contributed by atoms with Gasteiger partial charge in [-0.2, -0.15) is 0 Å². The maximum Gasteiger partial charge on any atom is 0.0409 e. The van der Waals surface area contributed by atoms with Gasteiger partial charge in [-0.05, 0) is 56.9 Å². The van der Waals surface area contributed by atoms with Crippen LogP contribution < -0.4 is 5.32 Å². The van der Waals surface area contributed by atoms with Crippen molar-refractivity contribution in [1.82, 2.24) is 5.32 Å². The molecule has 0 saturated heterocycles. The fourth-order valence-electron chi connectivity index (χ4n) is 2.63. The van der Waals surface area contributed by atoms with Crippen LogP contribution in [0.1, 0.15) is 43.0 Å². The number of benzene rings is 2. The molecule has 0 heterocycles. The smallest absolute Gasteiger partial charge is 0.0409 e. The number of hydrogen-bond acceptors (Lipinski definition) is 1. The van der Waals surface area contributed by atoms with Crippen LogP contribution in [-0.2, 0) is 6.42 Å². The van der Waals surface area contributed by atoms with Gasteiger partial charge in [0.25, 0.3) is 0 Å². The van der Waals surface area contributed by atoms with Crippen LogP contribution in [0.15, 0.2) is 48.5 Å². The van der Waals surface area contributed by atoms with Crippen LogP contribution in [0.5, 0.6) is 0 Å². The molecule has 0 radical (unpaired) electrons. The molecule has 2 rings (SSSR count). The molecule has 0 fully saturated rings. The fourth-order valence-corrected chi connectivity index (χ4v) is 2.83. The van der Waals surface area contributed by atoms with Gasteiger partial charge in [-0.3, -0.25) is 0 Å². The second kappa shape index (κ2) is 7.63. The second-order valence-electron chi connectivity index (χ2n) is 5.87. The van der Waals surface area contributed by atoms with Gasteiger partial charge in [0, 0.05) is 17.1 Å². The first-order valence-electron chi connectivity index (χ1n) is 7.61. The molecule has 1 N–H and O–H groups in total. The summed E-state index contributed by atoms with van der Waals surface area (Å²) in [5.74, 6) is 0. The molecule has 0 aliphatic heterocycles. The Balaban J connectivity index is 1.85. The van der Waals surface area contributed by atoms with Gasteiger partial charge in [0.05, 0.1) is 0 Å². The zero-order chi connectivity index (χ0) is 15.2. The molecule has 2 aromatic rings. The van der Waals surface area contributed by atoms with E-state index in [-0.39, 0.29) is 0 Å². The normalized spacial score (nSPS) is 13.9. The first kappa shape index (κ1) is 16.1. The Labute approximate surface area is 133 Å². The average molecular weight is 302 g/mol. The molecular weight excluding hydrogens is 278 g/mol. The van der Waals surface area contributed by atoms with Gasteiger partial charge in [0.2, 0.25) is 0 Å². The topological polar surface area (TPSA) is 12.0 Å². The second-order valence-corrected chi connectivity index (χ2v) is 6.31. The average Bonchev–Trinajstić information content (AvgIpc) is 2.45. The van der Waals surface area contributed by atoms with Crippen LogP contribution in [0.25, 0.3) is 0 Å². The molecule has 1 unspecified atom stereocenters. The van der Waals surface area contributed by atoms with Gasteiger partial charge >= 0.3 is 0 Å². The summed E-state index contributed by atoms with van der Waals surface area (Å²) in [6.45, 7) is 6.58. The van der Waals surface area contributed by atoms with Crippen LogP contribution in [0.4, 0.5) is 0 Å². The molecule has 112 valence electrons. The summed E-state index contributed by atoms with van der Waals surface area (Å²) in [5.41, 5.74) is 3.99. The highest BCUT2D eigenvalue weighted by Crippen LogP contribution is 2.18. The molecule has 21 heavy (non-hydrogen) atoms. The number of hydrogen-bond donors (Lipinski definition) is 1.